The van der Waals surface area contributed by atoms with E-state index in [4.69, 9.17) is 9.47 Å². The number of ether oxygens (including phenoxy) is 2. The van der Waals surface area contributed by atoms with Crippen LogP contribution in [0.5, 0.6) is 11.5 Å². The van der Waals surface area contributed by atoms with Gasteiger partial charge in [-0.3, -0.25) is 9.59 Å². The van der Waals surface area contributed by atoms with Gasteiger partial charge in [0.2, 0.25) is 0 Å². The van der Waals surface area contributed by atoms with Crippen molar-refractivity contribution in [1.82, 2.24) is 4.90 Å². The number of carbonyl (C=O) groups excluding carboxylic acids is 2. The normalized spacial score (nSPS) is 11.6. The first-order valence-corrected chi connectivity index (χ1v) is 9.39. The van der Waals surface area contributed by atoms with E-state index >= 15 is 0 Å². The lowest BCUT2D eigenvalue weighted by molar-refractivity contribution is 0.0773. The number of likely N-dealkylation sites (N-methyl/N-ethyl adjacent to an activating group) is 1. The van der Waals surface area contributed by atoms with Crippen LogP contribution in [-0.4, -0.2) is 43.9 Å². The van der Waals surface area contributed by atoms with Crippen LogP contribution in [0.2, 0.25) is 0 Å². The van der Waals surface area contributed by atoms with Crippen LogP contribution in [0, 0.1) is 0 Å². The van der Waals surface area contributed by atoms with Crippen molar-refractivity contribution in [1.29, 1.82) is 0 Å². The minimum Gasteiger partial charge on any atom is -0.493 e. The Bertz CT molecular complexity index is 1090. The van der Waals surface area contributed by atoms with Gasteiger partial charge in [0.15, 0.2) is 17.3 Å². The number of rotatable bonds is 6. The highest BCUT2D eigenvalue weighted by Gasteiger charge is 2.27. The van der Waals surface area contributed by atoms with Gasteiger partial charge in [-0.15, -0.1) is 0 Å². The van der Waals surface area contributed by atoms with Gasteiger partial charge in [-0.2, -0.15) is 0 Å². The molecule has 5 nitrogen and oxygen atoms in total. The van der Waals surface area contributed by atoms with E-state index in [2.05, 4.69) is 0 Å². The summed E-state index contributed by atoms with van der Waals surface area (Å²) < 4.78 is 11.0. The molecule has 1 amide bonds. The van der Waals surface area contributed by atoms with Crippen LogP contribution in [0.4, 0.5) is 0 Å². The molecule has 0 bridgehead atoms. The van der Waals surface area contributed by atoms with Gasteiger partial charge in [-0.25, -0.2) is 0 Å². The van der Waals surface area contributed by atoms with Gasteiger partial charge < -0.3 is 14.4 Å². The Hall–Kier alpha value is -3.60. The smallest absolute Gasteiger partial charge is 0.253 e. The second kappa shape index (κ2) is 7.80. The number of hydrogen-bond donors (Lipinski definition) is 0. The average Bonchev–Trinajstić information content (AvgIpc) is 3.05. The van der Waals surface area contributed by atoms with Crippen LogP contribution in [-0.2, 0) is 0 Å². The SMILES string of the molecule is COc1ccccc1OCCN(C)C(=O)c1ccc2c(c1)C(=O)c1ccccc1-2. The van der Waals surface area contributed by atoms with Gasteiger partial charge in [0, 0.05) is 23.7 Å². The van der Waals surface area contributed by atoms with Crippen LogP contribution in [0.3, 0.4) is 0 Å². The molecule has 0 unspecified atom stereocenters. The number of benzene rings is 3. The third-order valence-electron chi connectivity index (χ3n) is 5.07. The zero-order valence-electron chi connectivity index (χ0n) is 16.3. The van der Waals surface area contributed by atoms with Crippen LogP contribution in [0.1, 0.15) is 26.3 Å². The Balaban J connectivity index is 1.44. The van der Waals surface area contributed by atoms with E-state index in [-0.39, 0.29) is 11.7 Å². The molecule has 0 spiro atoms. The van der Waals surface area contributed by atoms with Crippen molar-refractivity contribution in [2.75, 3.05) is 27.3 Å². The first-order valence-electron chi connectivity index (χ1n) is 9.39. The fraction of sp³-hybridized carbons (Fsp3) is 0.167. The summed E-state index contributed by atoms with van der Waals surface area (Å²) in [6.45, 7) is 0.736. The fourth-order valence-corrected chi connectivity index (χ4v) is 3.51. The average molecular weight is 387 g/mol. The lowest BCUT2D eigenvalue weighted by atomic mass is 10.0. The molecule has 0 radical (unpaired) electrons. The largest absolute Gasteiger partial charge is 0.493 e. The summed E-state index contributed by atoms with van der Waals surface area (Å²) in [5.41, 5.74) is 3.56. The molecule has 0 atom stereocenters. The van der Waals surface area contributed by atoms with Crippen molar-refractivity contribution in [3.63, 3.8) is 0 Å². The quantitative estimate of drug-likeness (QED) is 0.501. The number of para-hydroxylation sites is 2. The van der Waals surface area contributed by atoms with E-state index in [9.17, 15) is 9.59 Å². The molecule has 0 fully saturated rings. The molecular weight excluding hydrogens is 366 g/mol. The Kier molecular flexibility index (Phi) is 5.04. The summed E-state index contributed by atoms with van der Waals surface area (Å²) in [6, 6.07) is 20.2. The molecule has 3 aromatic rings. The number of hydrogen-bond acceptors (Lipinski definition) is 4. The van der Waals surface area contributed by atoms with Crippen molar-refractivity contribution in [3.8, 4) is 22.6 Å². The minimum absolute atomic E-state index is 0.0348. The van der Waals surface area contributed by atoms with E-state index in [0.717, 1.165) is 11.1 Å². The van der Waals surface area contributed by atoms with E-state index < -0.39 is 0 Å². The molecule has 0 saturated carbocycles. The number of fused-ring (bicyclic) bond motifs is 3. The topological polar surface area (TPSA) is 55.8 Å². The van der Waals surface area contributed by atoms with Crippen molar-refractivity contribution in [2.45, 2.75) is 0 Å². The molecule has 0 aliphatic heterocycles. The highest BCUT2D eigenvalue weighted by atomic mass is 16.5. The van der Waals surface area contributed by atoms with Gasteiger partial charge in [-0.1, -0.05) is 42.5 Å². The first-order chi connectivity index (χ1) is 14.1. The minimum atomic E-state index is -0.153. The summed E-state index contributed by atoms with van der Waals surface area (Å²) in [6.07, 6.45) is 0. The van der Waals surface area contributed by atoms with Crippen molar-refractivity contribution in [3.05, 3.63) is 83.4 Å². The molecule has 0 N–H and O–H groups in total. The molecule has 0 heterocycles. The molecule has 146 valence electrons. The van der Waals surface area contributed by atoms with Crippen LogP contribution < -0.4 is 9.47 Å². The lowest BCUT2D eigenvalue weighted by Crippen LogP contribution is -2.31. The molecule has 3 aromatic carbocycles. The van der Waals surface area contributed by atoms with E-state index in [1.807, 2.05) is 54.6 Å². The van der Waals surface area contributed by atoms with Gasteiger partial charge in [0.05, 0.1) is 13.7 Å². The molecule has 0 saturated heterocycles. The van der Waals surface area contributed by atoms with Crippen molar-refractivity contribution in [2.24, 2.45) is 0 Å². The summed E-state index contributed by atoms with van der Waals surface area (Å²) in [5, 5.41) is 0. The summed E-state index contributed by atoms with van der Waals surface area (Å²) >= 11 is 0. The van der Waals surface area contributed by atoms with E-state index in [1.165, 1.54) is 0 Å². The van der Waals surface area contributed by atoms with Gasteiger partial charge in [0.1, 0.15) is 6.61 Å². The molecule has 29 heavy (non-hydrogen) atoms. The number of methoxy groups -OCH3 is 1. The van der Waals surface area contributed by atoms with E-state index in [1.54, 1.807) is 31.2 Å². The third-order valence-corrected chi connectivity index (χ3v) is 5.07. The number of carbonyl (C=O) groups is 2. The van der Waals surface area contributed by atoms with E-state index in [0.29, 0.717) is 41.3 Å². The Labute approximate surface area is 169 Å². The summed E-state index contributed by atoms with van der Waals surface area (Å²) in [5.74, 6) is 1.10. The molecule has 5 heteroatoms. The Morgan fingerprint density at radius 3 is 2.28 bits per heavy atom. The van der Waals surface area contributed by atoms with Gasteiger partial charge in [0.25, 0.3) is 5.91 Å². The summed E-state index contributed by atoms with van der Waals surface area (Å²) in [4.78, 5) is 27.1. The molecular formula is C24H21NO4. The van der Waals surface area contributed by atoms with Gasteiger partial charge in [-0.05, 0) is 35.4 Å². The fourth-order valence-electron chi connectivity index (χ4n) is 3.51. The predicted octanol–water partition coefficient (Wildman–Crippen LogP) is 4.06. The zero-order valence-corrected chi connectivity index (χ0v) is 16.3. The number of ketones is 1. The standard InChI is InChI=1S/C24H21NO4/c1-25(13-14-29-22-10-6-5-9-21(22)28-2)24(27)16-11-12-18-17-7-3-4-8-19(17)23(26)20(18)15-16/h3-12,15H,13-14H2,1-2H3. The predicted molar refractivity (Wildman–Crippen MR) is 111 cm³/mol. The van der Waals surface area contributed by atoms with Crippen LogP contribution >= 0.6 is 0 Å². The second-order valence-corrected chi connectivity index (χ2v) is 6.86. The number of nitrogens with zero attached hydrogens (tertiary/aromatic N) is 1. The molecule has 1 aliphatic rings. The molecule has 1 aliphatic carbocycles. The summed E-state index contributed by atoms with van der Waals surface area (Å²) in [7, 11) is 3.31. The van der Waals surface area contributed by atoms with Crippen molar-refractivity contribution < 1.29 is 19.1 Å². The third kappa shape index (κ3) is 3.47. The maximum Gasteiger partial charge on any atom is 0.253 e. The Morgan fingerprint density at radius 1 is 0.862 bits per heavy atom. The lowest BCUT2D eigenvalue weighted by Gasteiger charge is -2.18. The molecule has 0 aromatic heterocycles. The molecule has 4 rings (SSSR count). The van der Waals surface area contributed by atoms with Crippen LogP contribution in [0.15, 0.2) is 66.7 Å². The monoisotopic (exact) mass is 387 g/mol. The van der Waals surface area contributed by atoms with Gasteiger partial charge >= 0.3 is 0 Å². The zero-order chi connectivity index (χ0) is 20.4. The Morgan fingerprint density at radius 2 is 1.52 bits per heavy atom. The number of amides is 1. The highest BCUT2D eigenvalue weighted by molar-refractivity contribution is 6.22. The first kappa shape index (κ1) is 18.7. The van der Waals surface area contributed by atoms with Crippen LogP contribution in [0.25, 0.3) is 11.1 Å². The second-order valence-electron chi connectivity index (χ2n) is 6.86. The maximum atomic E-state index is 12.8. The maximum absolute atomic E-state index is 12.8. The highest BCUT2D eigenvalue weighted by Crippen LogP contribution is 2.36. The van der Waals surface area contributed by atoms with Crippen molar-refractivity contribution >= 4 is 11.7 Å².